The summed E-state index contributed by atoms with van der Waals surface area (Å²) < 4.78 is 11.1. The zero-order valence-corrected chi connectivity index (χ0v) is 14.0. The molecule has 0 saturated heterocycles. The maximum Gasteiger partial charge on any atom is 0.157 e. The molecule has 0 amide bonds. The van der Waals surface area contributed by atoms with Crippen LogP contribution in [0.3, 0.4) is 0 Å². The Hall–Kier alpha value is -0.560. The zero-order valence-electron chi connectivity index (χ0n) is 14.0. The highest BCUT2D eigenvalue weighted by molar-refractivity contribution is 4.98. The van der Waals surface area contributed by atoms with Gasteiger partial charge in [-0.2, -0.15) is 0 Å². The number of aliphatic hydroxyl groups excluding tert-OH is 1. The van der Waals surface area contributed by atoms with E-state index in [0.717, 1.165) is 26.1 Å². The highest BCUT2D eigenvalue weighted by atomic mass is 16.7. The van der Waals surface area contributed by atoms with Crippen molar-refractivity contribution in [1.82, 2.24) is 0 Å². The summed E-state index contributed by atoms with van der Waals surface area (Å²) in [6.07, 6.45) is 11.5. The number of hydrogen-bond acceptors (Lipinski definition) is 3. The predicted octanol–water partition coefficient (Wildman–Crippen LogP) is 4.28. The molecule has 0 aromatic heterocycles. The van der Waals surface area contributed by atoms with E-state index in [1.54, 1.807) is 0 Å². The van der Waals surface area contributed by atoms with Crippen LogP contribution >= 0.6 is 0 Å². The standard InChI is InChI=1S/C18H34O3/c1-3-20-18(21-4-2)16-14-12-10-8-6-5-7-9-11-13-15-17-19/h18-19H,3-10,12,14-17H2,1-2H3. The normalized spacial score (nSPS) is 10.7. The molecule has 3 nitrogen and oxygen atoms in total. The maximum absolute atomic E-state index is 8.59. The van der Waals surface area contributed by atoms with E-state index in [-0.39, 0.29) is 12.9 Å². The average Bonchev–Trinajstić information content (AvgIpc) is 2.48. The summed E-state index contributed by atoms with van der Waals surface area (Å²) in [5.74, 6) is 6.06. The van der Waals surface area contributed by atoms with Gasteiger partial charge >= 0.3 is 0 Å². The molecule has 0 spiro atoms. The lowest BCUT2D eigenvalue weighted by atomic mass is 10.1. The third kappa shape index (κ3) is 15.6. The summed E-state index contributed by atoms with van der Waals surface area (Å²) >= 11 is 0. The Morgan fingerprint density at radius 2 is 1.29 bits per heavy atom. The fourth-order valence-electron chi connectivity index (χ4n) is 2.23. The van der Waals surface area contributed by atoms with E-state index in [2.05, 4.69) is 11.8 Å². The van der Waals surface area contributed by atoms with Gasteiger partial charge in [-0.1, -0.05) is 32.1 Å². The van der Waals surface area contributed by atoms with Gasteiger partial charge in [0.2, 0.25) is 0 Å². The highest BCUT2D eigenvalue weighted by Gasteiger charge is 2.06. The van der Waals surface area contributed by atoms with Crippen molar-refractivity contribution >= 4 is 0 Å². The average molecular weight is 298 g/mol. The molecule has 3 heteroatoms. The largest absolute Gasteiger partial charge is 0.395 e. The maximum atomic E-state index is 8.59. The van der Waals surface area contributed by atoms with Gasteiger partial charge in [-0.3, -0.25) is 0 Å². The molecule has 0 aliphatic heterocycles. The van der Waals surface area contributed by atoms with Crippen LogP contribution in [0.15, 0.2) is 0 Å². The fourth-order valence-corrected chi connectivity index (χ4v) is 2.23. The van der Waals surface area contributed by atoms with Crippen molar-refractivity contribution in [3.8, 4) is 11.8 Å². The van der Waals surface area contributed by atoms with Gasteiger partial charge in [-0.25, -0.2) is 0 Å². The van der Waals surface area contributed by atoms with E-state index in [1.165, 1.54) is 44.9 Å². The smallest absolute Gasteiger partial charge is 0.157 e. The van der Waals surface area contributed by atoms with Gasteiger partial charge in [0.15, 0.2) is 6.29 Å². The summed E-state index contributed by atoms with van der Waals surface area (Å²) in [5.41, 5.74) is 0. The molecule has 0 aliphatic rings. The summed E-state index contributed by atoms with van der Waals surface area (Å²) in [4.78, 5) is 0. The van der Waals surface area contributed by atoms with Crippen molar-refractivity contribution in [2.24, 2.45) is 0 Å². The number of unbranched alkanes of at least 4 members (excludes halogenated alkanes) is 7. The van der Waals surface area contributed by atoms with Crippen molar-refractivity contribution in [3.63, 3.8) is 0 Å². The van der Waals surface area contributed by atoms with Gasteiger partial charge in [0.25, 0.3) is 0 Å². The zero-order chi connectivity index (χ0) is 15.6. The Balaban J connectivity index is 3.26. The summed E-state index contributed by atoms with van der Waals surface area (Å²) in [5, 5.41) is 8.59. The van der Waals surface area contributed by atoms with Gasteiger partial charge in [-0.05, 0) is 33.1 Å². The first-order valence-electron chi connectivity index (χ1n) is 8.64. The van der Waals surface area contributed by atoms with Crippen LogP contribution in [0.1, 0.15) is 78.1 Å². The molecule has 0 heterocycles. The van der Waals surface area contributed by atoms with Gasteiger partial charge in [-0.15, -0.1) is 11.8 Å². The van der Waals surface area contributed by atoms with Crippen LogP contribution in [-0.2, 0) is 9.47 Å². The quantitative estimate of drug-likeness (QED) is 0.295. The van der Waals surface area contributed by atoms with Gasteiger partial charge in [0.1, 0.15) is 0 Å². The lowest BCUT2D eigenvalue weighted by Gasteiger charge is -2.16. The Bertz CT molecular complexity index is 249. The molecular weight excluding hydrogens is 264 g/mol. The van der Waals surface area contributed by atoms with E-state index in [1.807, 2.05) is 13.8 Å². The second kappa shape index (κ2) is 17.5. The van der Waals surface area contributed by atoms with E-state index in [9.17, 15) is 0 Å². The van der Waals surface area contributed by atoms with Gasteiger partial charge in [0, 0.05) is 26.1 Å². The lowest BCUT2D eigenvalue weighted by Crippen LogP contribution is -2.17. The van der Waals surface area contributed by atoms with Crippen LogP contribution in [0.4, 0.5) is 0 Å². The minimum Gasteiger partial charge on any atom is -0.395 e. The SMILES string of the molecule is CCOC(CCCCCCCCCC#CCCO)OCC. The summed E-state index contributed by atoms with van der Waals surface area (Å²) in [7, 11) is 0. The fraction of sp³-hybridized carbons (Fsp3) is 0.889. The number of rotatable bonds is 14. The van der Waals surface area contributed by atoms with Gasteiger partial charge < -0.3 is 14.6 Å². The van der Waals surface area contributed by atoms with E-state index in [0.29, 0.717) is 6.42 Å². The molecule has 0 aromatic rings. The van der Waals surface area contributed by atoms with E-state index in [4.69, 9.17) is 14.6 Å². The van der Waals surface area contributed by atoms with Crippen molar-refractivity contribution in [2.45, 2.75) is 84.3 Å². The highest BCUT2D eigenvalue weighted by Crippen LogP contribution is 2.12. The second-order valence-electron chi connectivity index (χ2n) is 5.18. The Morgan fingerprint density at radius 3 is 1.86 bits per heavy atom. The molecule has 0 bridgehead atoms. The second-order valence-corrected chi connectivity index (χ2v) is 5.18. The molecule has 0 fully saturated rings. The molecule has 0 atom stereocenters. The number of ether oxygens (including phenoxy) is 2. The summed E-state index contributed by atoms with van der Waals surface area (Å²) in [6.45, 7) is 5.67. The van der Waals surface area contributed by atoms with Crippen LogP contribution in [0.25, 0.3) is 0 Å². The van der Waals surface area contributed by atoms with Crippen LogP contribution < -0.4 is 0 Å². The summed E-state index contributed by atoms with van der Waals surface area (Å²) in [6, 6.07) is 0. The molecule has 0 aliphatic carbocycles. The Morgan fingerprint density at radius 1 is 0.762 bits per heavy atom. The van der Waals surface area contributed by atoms with Crippen LogP contribution in [-0.4, -0.2) is 31.2 Å². The third-order valence-corrected chi connectivity index (χ3v) is 3.31. The molecule has 0 radical (unpaired) electrons. The lowest BCUT2D eigenvalue weighted by molar-refractivity contribution is -0.140. The van der Waals surface area contributed by atoms with Crippen LogP contribution in [0.2, 0.25) is 0 Å². The van der Waals surface area contributed by atoms with Crippen molar-refractivity contribution in [2.75, 3.05) is 19.8 Å². The minimum atomic E-state index is -0.00232. The first-order valence-corrected chi connectivity index (χ1v) is 8.64. The van der Waals surface area contributed by atoms with Crippen molar-refractivity contribution in [1.29, 1.82) is 0 Å². The van der Waals surface area contributed by atoms with Gasteiger partial charge in [0.05, 0.1) is 6.61 Å². The first-order chi connectivity index (χ1) is 10.3. The Labute approximate surface area is 131 Å². The molecule has 0 unspecified atom stereocenters. The Kier molecular flexibility index (Phi) is 17.0. The molecule has 0 rings (SSSR count). The predicted molar refractivity (Wildman–Crippen MR) is 88.1 cm³/mol. The first kappa shape index (κ1) is 20.4. The van der Waals surface area contributed by atoms with E-state index < -0.39 is 0 Å². The van der Waals surface area contributed by atoms with Crippen molar-refractivity contribution in [3.05, 3.63) is 0 Å². The molecule has 21 heavy (non-hydrogen) atoms. The monoisotopic (exact) mass is 298 g/mol. The molecule has 0 saturated carbocycles. The van der Waals surface area contributed by atoms with Crippen molar-refractivity contribution < 1.29 is 14.6 Å². The molecule has 0 aromatic carbocycles. The topological polar surface area (TPSA) is 38.7 Å². The van der Waals surface area contributed by atoms with Crippen LogP contribution in [0, 0.1) is 11.8 Å². The van der Waals surface area contributed by atoms with E-state index >= 15 is 0 Å². The van der Waals surface area contributed by atoms with Crippen LogP contribution in [0.5, 0.6) is 0 Å². The molecule has 1 N–H and O–H groups in total. The number of aliphatic hydroxyl groups is 1. The minimum absolute atomic E-state index is 0.00232. The molecular formula is C18H34O3. The third-order valence-electron chi connectivity index (χ3n) is 3.31. The molecule has 124 valence electrons. The number of hydrogen-bond donors (Lipinski definition) is 1.